The average Bonchev–Trinajstić information content (AvgIpc) is 2.71. The van der Waals surface area contributed by atoms with Crippen LogP contribution in [0.2, 0.25) is 0 Å². The summed E-state index contributed by atoms with van der Waals surface area (Å²) in [5, 5.41) is 3.54. The number of nitrogens with one attached hydrogen (secondary N) is 1. The van der Waals surface area contributed by atoms with Crippen LogP contribution in [0.25, 0.3) is 10.9 Å². The summed E-state index contributed by atoms with van der Waals surface area (Å²) in [6.45, 7) is 0.129. The fraction of sp³-hybridized carbons (Fsp3) is 0.150. The molecule has 130 valence electrons. The second kappa shape index (κ2) is 6.48. The zero-order valence-electron chi connectivity index (χ0n) is 14.2. The van der Waals surface area contributed by atoms with Gasteiger partial charge in [0, 0.05) is 12.4 Å². The molecule has 0 unspecified atom stereocenters. The molecular weight excluding hydrogens is 330 g/mol. The van der Waals surface area contributed by atoms with Crippen molar-refractivity contribution in [2.45, 2.75) is 6.10 Å². The van der Waals surface area contributed by atoms with Gasteiger partial charge in [-0.3, -0.25) is 14.5 Å². The Bertz CT molecular complexity index is 1000. The van der Waals surface area contributed by atoms with Crippen molar-refractivity contribution in [3.05, 3.63) is 66.4 Å². The van der Waals surface area contributed by atoms with Gasteiger partial charge in [-0.2, -0.15) is 0 Å². The van der Waals surface area contributed by atoms with Gasteiger partial charge in [-0.25, -0.2) is 4.98 Å². The number of pyridine rings is 1. The molecule has 2 amide bonds. The molecule has 0 bridgehead atoms. The number of amides is 2. The number of hydrogen-bond acceptors (Lipinski definition) is 4. The number of hydrogen-bond donors (Lipinski definition) is 1. The molecular formula is C20H17N3O3. The standard InChI is InChI=1S/C20H17N3O3/c1-21-19(24)18-12-23(16-8-4-5-9-17(16)26-18)20(25)15-11-10-13-6-2-3-7-14(13)22-15/h2-11,18H,12H2,1H3,(H,21,24)/t18-/m1/s1. The number of ether oxygens (including phenoxy) is 1. The number of fused-ring (bicyclic) bond motifs is 2. The Morgan fingerprint density at radius 3 is 2.69 bits per heavy atom. The Hall–Kier alpha value is -3.41. The van der Waals surface area contributed by atoms with Gasteiger partial charge < -0.3 is 10.1 Å². The van der Waals surface area contributed by atoms with Gasteiger partial charge >= 0.3 is 0 Å². The largest absolute Gasteiger partial charge is 0.477 e. The molecule has 1 aliphatic rings. The summed E-state index contributed by atoms with van der Waals surface area (Å²) in [6, 6.07) is 18.4. The smallest absolute Gasteiger partial charge is 0.277 e. The number of aromatic nitrogens is 1. The summed E-state index contributed by atoms with van der Waals surface area (Å²) in [7, 11) is 1.54. The Kier molecular flexibility index (Phi) is 4.01. The second-order valence-corrected chi connectivity index (χ2v) is 5.99. The van der Waals surface area contributed by atoms with Gasteiger partial charge in [0.2, 0.25) is 0 Å². The summed E-state index contributed by atoms with van der Waals surface area (Å²) in [4.78, 5) is 31.2. The van der Waals surface area contributed by atoms with E-state index in [0.717, 1.165) is 10.9 Å². The lowest BCUT2D eigenvalue weighted by molar-refractivity contribution is -0.127. The zero-order valence-corrected chi connectivity index (χ0v) is 14.2. The number of benzene rings is 2. The third-order valence-electron chi connectivity index (χ3n) is 4.38. The Morgan fingerprint density at radius 1 is 1.08 bits per heavy atom. The molecule has 0 radical (unpaired) electrons. The molecule has 0 saturated carbocycles. The first-order chi connectivity index (χ1) is 12.7. The van der Waals surface area contributed by atoms with E-state index in [0.29, 0.717) is 17.1 Å². The van der Waals surface area contributed by atoms with Crippen molar-refractivity contribution in [3.8, 4) is 5.75 Å². The first-order valence-corrected chi connectivity index (χ1v) is 8.32. The van der Waals surface area contributed by atoms with Gasteiger partial charge in [0.25, 0.3) is 11.8 Å². The number of para-hydroxylation sites is 3. The van der Waals surface area contributed by atoms with E-state index in [1.165, 1.54) is 0 Å². The first-order valence-electron chi connectivity index (χ1n) is 8.32. The lowest BCUT2D eigenvalue weighted by Crippen LogP contribution is -2.50. The second-order valence-electron chi connectivity index (χ2n) is 5.99. The number of nitrogens with zero attached hydrogens (tertiary/aromatic N) is 2. The summed E-state index contributed by atoms with van der Waals surface area (Å²) < 4.78 is 5.74. The first kappa shape index (κ1) is 16.1. The number of likely N-dealkylation sites (N-methyl/N-ethyl adjacent to an activating group) is 1. The van der Waals surface area contributed by atoms with Gasteiger partial charge in [-0.15, -0.1) is 0 Å². The van der Waals surface area contributed by atoms with Gasteiger partial charge in [0.05, 0.1) is 17.7 Å². The third kappa shape index (κ3) is 2.75. The van der Waals surface area contributed by atoms with Crippen molar-refractivity contribution in [3.63, 3.8) is 0 Å². The minimum Gasteiger partial charge on any atom is -0.477 e. The molecule has 1 N–H and O–H groups in total. The van der Waals surface area contributed by atoms with Crippen molar-refractivity contribution < 1.29 is 14.3 Å². The van der Waals surface area contributed by atoms with Crippen LogP contribution in [-0.2, 0) is 4.79 Å². The Balaban J connectivity index is 1.74. The zero-order chi connectivity index (χ0) is 18.1. The van der Waals surface area contributed by atoms with Gasteiger partial charge in [0.15, 0.2) is 6.10 Å². The molecule has 2 heterocycles. The van der Waals surface area contributed by atoms with Gasteiger partial charge in [0.1, 0.15) is 11.4 Å². The van der Waals surface area contributed by atoms with Crippen LogP contribution in [0.5, 0.6) is 5.75 Å². The normalized spacial score (nSPS) is 15.9. The fourth-order valence-corrected chi connectivity index (χ4v) is 3.05. The molecule has 6 nitrogen and oxygen atoms in total. The predicted octanol–water partition coefficient (Wildman–Crippen LogP) is 2.39. The highest BCUT2D eigenvalue weighted by atomic mass is 16.5. The fourth-order valence-electron chi connectivity index (χ4n) is 3.05. The molecule has 0 aliphatic carbocycles. The molecule has 1 atom stereocenters. The van der Waals surface area contributed by atoms with Gasteiger partial charge in [-0.1, -0.05) is 36.4 Å². The van der Waals surface area contributed by atoms with Crippen molar-refractivity contribution in [1.29, 1.82) is 0 Å². The van der Waals surface area contributed by atoms with E-state index in [9.17, 15) is 9.59 Å². The third-order valence-corrected chi connectivity index (χ3v) is 4.38. The highest BCUT2D eigenvalue weighted by Crippen LogP contribution is 2.34. The molecule has 0 fully saturated rings. The van der Waals surface area contributed by atoms with Crippen LogP contribution in [0.15, 0.2) is 60.7 Å². The predicted molar refractivity (Wildman–Crippen MR) is 98.3 cm³/mol. The molecule has 3 aromatic rings. The van der Waals surface area contributed by atoms with E-state index in [1.807, 2.05) is 42.5 Å². The molecule has 1 aromatic heterocycles. The van der Waals surface area contributed by atoms with Crippen LogP contribution < -0.4 is 15.0 Å². The SMILES string of the molecule is CNC(=O)[C@H]1CN(C(=O)c2ccc3ccccc3n2)c2ccccc2O1. The molecule has 2 aromatic carbocycles. The lowest BCUT2D eigenvalue weighted by Gasteiger charge is -2.33. The molecule has 6 heteroatoms. The summed E-state index contributed by atoms with van der Waals surface area (Å²) in [5.41, 5.74) is 1.71. The number of carbonyl (C=O) groups excluding carboxylic acids is 2. The molecule has 0 saturated heterocycles. The van der Waals surface area contributed by atoms with E-state index in [-0.39, 0.29) is 18.4 Å². The summed E-state index contributed by atoms with van der Waals surface area (Å²) >= 11 is 0. The molecule has 1 aliphatic heterocycles. The molecule has 4 rings (SSSR count). The molecule has 26 heavy (non-hydrogen) atoms. The maximum atomic E-state index is 13.1. The monoisotopic (exact) mass is 347 g/mol. The van der Waals surface area contributed by atoms with Crippen LogP contribution in [-0.4, -0.2) is 36.5 Å². The van der Waals surface area contributed by atoms with E-state index in [1.54, 1.807) is 30.1 Å². The van der Waals surface area contributed by atoms with Crippen LogP contribution in [0.3, 0.4) is 0 Å². The number of rotatable bonds is 2. The summed E-state index contributed by atoms with van der Waals surface area (Å²) in [6.07, 6.45) is -0.765. The number of anilines is 1. The van der Waals surface area contributed by atoms with Crippen LogP contribution in [0.1, 0.15) is 10.5 Å². The quantitative estimate of drug-likeness (QED) is 0.773. The van der Waals surface area contributed by atoms with Crippen molar-refractivity contribution in [1.82, 2.24) is 10.3 Å². The topological polar surface area (TPSA) is 71.5 Å². The van der Waals surface area contributed by atoms with Crippen LogP contribution >= 0.6 is 0 Å². The van der Waals surface area contributed by atoms with Crippen molar-refractivity contribution in [2.75, 3.05) is 18.5 Å². The maximum Gasteiger partial charge on any atom is 0.277 e. The van der Waals surface area contributed by atoms with E-state index < -0.39 is 6.10 Å². The summed E-state index contributed by atoms with van der Waals surface area (Å²) in [5.74, 6) is -0.0364. The van der Waals surface area contributed by atoms with Crippen LogP contribution in [0, 0.1) is 0 Å². The Morgan fingerprint density at radius 2 is 1.85 bits per heavy atom. The highest BCUT2D eigenvalue weighted by Gasteiger charge is 2.34. The van der Waals surface area contributed by atoms with Gasteiger partial charge in [-0.05, 0) is 24.3 Å². The average molecular weight is 347 g/mol. The van der Waals surface area contributed by atoms with Crippen molar-refractivity contribution in [2.24, 2.45) is 0 Å². The van der Waals surface area contributed by atoms with Crippen molar-refractivity contribution >= 4 is 28.4 Å². The highest BCUT2D eigenvalue weighted by molar-refractivity contribution is 6.07. The number of carbonyl (C=O) groups is 2. The van der Waals surface area contributed by atoms with Crippen LogP contribution in [0.4, 0.5) is 5.69 Å². The van der Waals surface area contributed by atoms with E-state index in [2.05, 4.69) is 10.3 Å². The molecule has 0 spiro atoms. The minimum atomic E-state index is -0.765. The lowest BCUT2D eigenvalue weighted by atomic mass is 10.1. The Labute approximate surface area is 150 Å². The van der Waals surface area contributed by atoms with E-state index >= 15 is 0 Å². The maximum absolute atomic E-state index is 13.1. The van der Waals surface area contributed by atoms with E-state index in [4.69, 9.17) is 4.74 Å². The minimum absolute atomic E-state index is 0.129.